The van der Waals surface area contributed by atoms with Crippen molar-refractivity contribution in [1.29, 1.82) is 0 Å². The SMILES string of the molecule is Cc1ccc2c(N3CC[C@@H](CN)C3)nc(-c3c(O)cccc3F)nc2c1.Cc1ccc2c(N3CC[C@@H](CNC(=O)OC(C)C)C3)nc(-c3c(O)cccc3F)nc2c1. The normalized spacial score (nSPS) is 16.6. The number of rotatable bonds is 8. The third-order valence-corrected chi connectivity index (χ3v) is 10.5. The molecule has 5 N–H and O–H groups in total. The molecule has 4 heterocycles. The molecule has 12 nitrogen and oxygen atoms in total. The maximum atomic E-state index is 14.5. The summed E-state index contributed by atoms with van der Waals surface area (Å²) in [6.45, 7) is 11.8. The summed E-state index contributed by atoms with van der Waals surface area (Å²) in [6.07, 6.45) is 1.30. The molecule has 0 radical (unpaired) electrons. The van der Waals surface area contributed by atoms with Crippen molar-refractivity contribution < 1.29 is 28.5 Å². The Bertz CT molecular complexity index is 2430. The van der Waals surface area contributed by atoms with E-state index in [0.29, 0.717) is 36.9 Å². The lowest BCUT2D eigenvalue weighted by Crippen LogP contribution is -2.32. The van der Waals surface area contributed by atoms with Gasteiger partial charge in [0.1, 0.15) is 34.8 Å². The number of hydrogen-bond acceptors (Lipinski definition) is 11. The molecule has 6 aromatic rings. The number of hydrogen-bond donors (Lipinski definition) is 4. The highest BCUT2D eigenvalue weighted by molar-refractivity contribution is 5.93. The summed E-state index contributed by atoms with van der Waals surface area (Å²) in [5.74, 6) is 0.995. The van der Waals surface area contributed by atoms with Gasteiger partial charge in [0, 0.05) is 43.5 Å². The van der Waals surface area contributed by atoms with Crippen molar-refractivity contribution in [1.82, 2.24) is 25.3 Å². The first-order chi connectivity index (χ1) is 27.9. The molecular formula is C44H48F2N8O4. The quantitative estimate of drug-likeness (QED) is 0.120. The predicted octanol–water partition coefficient (Wildman–Crippen LogP) is 7.65. The average molecular weight is 791 g/mol. The Balaban J connectivity index is 0.000000180. The molecule has 14 heteroatoms. The fourth-order valence-corrected chi connectivity index (χ4v) is 7.51. The lowest BCUT2D eigenvalue weighted by molar-refractivity contribution is 0.114. The molecule has 0 spiro atoms. The minimum Gasteiger partial charge on any atom is -0.507 e. The van der Waals surface area contributed by atoms with Crippen molar-refractivity contribution >= 4 is 39.5 Å². The number of aromatic nitrogens is 4. The van der Waals surface area contributed by atoms with Crippen LogP contribution in [0.25, 0.3) is 44.6 Å². The molecule has 2 aromatic heterocycles. The Kier molecular flexibility index (Phi) is 11.8. The highest BCUT2D eigenvalue weighted by atomic mass is 19.1. The Morgan fingerprint density at radius 2 is 1.26 bits per heavy atom. The molecule has 302 valence electrons. The second kappa shape index (κ2) is 17.1. The van der Waals surface area contributed by atoms with E-state index in [1.807, 2.05) is 64.1 Å². The Labute approximate surface area is 335 Å². The zero-order valence-corrected chi connectivity index (χ0v) is 33.0. The molecule has 1 amide bonds. The molecule has 0 aliphatic carbocycles. The number of ether oxygens (including phenoxy) is 1. The molecule has 0 saturated carbocycles. The maximum Gasteiger partial charge on any atom is 0.407 e. The number of carbonyl (C=O) groups excluding carboxylic acids is 1. The van der Waals surface area contributed by atoms with Crippen molar-refractivity contribution in [2.45, 2.75) is 46.6 Å². The van der Waals surface area contributed by atoms with Crippen molar-refractivity contribution in [2.75, 3.05) is 49.1 Å². The van der Waals surface area contributed by atoms with Crippen molar-refractivity contribution in [3.8, 4) is 34.3 Å². The van der Waals surface area contributed by atoms with Gasteiger partial charge >= 0.3 is 6.09 Å². The number of phenols is 2. The number of alkyl carbamates (subject to hydrolysis) is 1. The van der Waals surface area contributed by atoms with E-state index in [2.05, 4.69) is 35.1 Å². The molecule has 8 rings (SSSR count). The van der Waals surface area contributed by atoms with Crippen LogP contribution in [-0.4, -0.2) is 81.6 Å². The van der Waals surface area contributed by atoms with E-state index in [9.17, 15) is 23.8 Å². The molecule has 2 saturated heterocycles. The fourth-order valence-electron chi connectivity index (χ4n) is 7.51. The van der Waals surface area contributed by atoms with Crippen LogP contribution >= 0.6 is 0 Å². The maximum absolute atomic E-state index is 14.5. The number of nitrogens with zero attached hydrogens (tertiary/aromatic N) is 6. The highest BCUT2D eigenvalue weighted by Gasteiger charge is 2.28. The molecule has 0 bridgehead atoms. The van der Waals surface area contributed by atoms with E-state index in [4.69, 9.17) is 10.5 Å². The number of benzene rings is 4. The molecule has 2 aliphatic rings. The van der Waals surface area contributed by atoms with Gasteiger partial charge in [-0.1, -0.05) is 24.3 Å². The summed E-state index contributed by atoms with van der Waals surface area (Å²) in [5.41, 5.74) is 9.37. The van der Waals surface area contributed by atoms with Crippen LogP contribution < -0.4 is 20.9 Å². The third-order valence-electron chi connectivity index (χ3n) is 10.5. The number of anilines is 2. The van der Waals surface area contributed by atoms with E-state index in [0.717, 1.165) is 65.7 Å². The summed E-state index contributed by atoms with van der Waals surface area (Å²) >= 11 is 0. The average Bonchev–Trinajstić information content (AvgIpc) is 3.87. The zero-order valence-electron chi connectivity index (χ0n) is 33.0. The number of phenolic OH excluding ortho intramolecular Hbond substituents is 2. The Morgan fingerprint density at radius 3 is 1.71 bits per heavy atom. The standard InChI is InChI=1S/C24H27FN4O3.C20H21FN4O/c1-14(2)32-24(31)26-12-16-9-10-29(13-16)23-17-8-7-15(3)11-19(17)27-22(28-23)21-18(25)5-4-6-20(21)30;1-12-5-6-14-16(9-12)23-19(18-15(21)3-2-4-17(18)26)24-20(14)25-8-7-13(10-22)11-25/h4-8,11,14,16,30H,9-10,12-13H2,1-3H3,(H,26,31);2-6,9,13,26H,7-8,10-11,22H2,1H3/t16-;13-/m00/s1. The Hall–Kier alpha value is -6.15. The summed E-state index contributed by atoms with van der Waals surface area (Å²) in [5, 5.41) is 25.0. The summed E-state index contributed by atoms with van der Waals surface area (Å²) in [6, 6.07) is 20.2. The van der Waals surface area contributed by atoms with Gasteiger partial charge in [-0.15, -0.1) is 0 Å². The van der Waals surface area contributed by atoms with Gasteiger partial charge in [-0.2, -0.15) is 0 Å². The first-order valence-corrected chi connectivity index (χ1v) is 19.6. The summed E-state index contributed by atoms with van der Waals surface area (Å²) in [7, 11) is 0. The number of carbonyl (C=O) groups is 1. The van der Waals surface area contributed by atoms with E-state index in [-0.39, 0.29) is 46.3 Å². The van der Waals surface area contributed by atoms with Gasteiger partial charge in [0.05, 0.1) is 28.3 Å². The van der Waals surface area contributed by atoms with Gasteiger partial charge in [0.25, 0.3) is 0 Å². The van der Waals surface area contributed by atoms with Crippen LogP contribution in [-0.2, 0) is 4.74 Å². The van der Waals surface area contributed by atoms with Crippen LogP contribution in [0.1, 0.15) is 37.8 Å². The number of halogens is 2. The second-order valence-corrected chi connectivity index (χ2v) is 15.3. The van der Waals surface area contributed by atoms with Crippen molar-refractivity contribution in [3.63, 3.8) is 0 Å². The number of nitrogens with one attached hydrogen (secondary N) is 1. The van der Waals surface area contributed by atoms with Gasteiger partial charge in [-0.3, -0.25) is 0 Å². The molecule has 58 heavy (non-hydrogen) atoms. The van der Waals surface area contributed by atoms with Crippen molar-refractivity contribution in [3.05, 3.63) is 95.6 Å². The number of nitrogens with two attached hydrogens (primary N) is 1. The lowest BCUT2D eigenvalue weighted by Gasteiger charge is -2.21. The second-order valence-electron chi connectivity index (χ2n) is 15.3. The minimum atomic E-state index is -0.574. The molecule has 2 atom stereocenters. The highest BCUT2D eigenvalue weighted by Crippen LogP contribution is 2.37. The molecule has 2 fully saturated rings. The number of aromatic hydroxyl groups is 2. The smallest absolute Gasteiger partial charge is 0.407 e. The van der Waals surface area contributed by atoms with Crippen LogP contribution in [0, 0.1) is 37.3 Å². The predicted molar refractivity (Wildman–Crippen MR) is 222 cm³/mol. The van der Waals surface area contributed by atoms with Gasteiger partial charge < -0.3 is 35.8 Å². The third kappa shape index (κ3) is 8.71. The first kappa shape index (κ1) is 40.1. The van der Waals surface area contributed by atoms with Gasteiger partial charge in [0.2, 0.25) is 0 Å². The Morgan fingerprint density at radius 1 is 0.776 bits per heavy atom. The summed E-state index contributed by atoms with van der Waals surface area (Å²) < 4.78 is 34.1. The van der Waals surface area contributed by atoms with Gasteiger partial charge in [-0.25, -0.2) is 33.5 Å². The van der Waals surface area contributed by atoms with E-state index in [1.165, 1.54) is 36.4 Å². The number of amides is 1. The largest absolute Gasteiger partial charge is 0.507 e. The molecule has 2 aliphatic heterocycles. The van der Waals surface area contributed by atoms with Gasteiger partial charge in [0.15, 0.2) is 11.6 Å². The molecule has 4 aromatic carbocycles. The van der Waals surface area contributed by atoms with E-state index in [1.54, 1.807) is 0 Å². The summed E-state index contributed by atoms with van der Waals surface area (Å²) in [4.78, 5) is 34.5. The topological polar surface area (TPSA) is 163 Å². The minimum absolute atomic E-state index is 0.00833. The van der Waals surface area contributed by atoms with Crippen LogP contribution in [0.2, 0.25) is 0 Å². The fraction of sp³-hybridized carbons (Fsp3) is 0.341. The van der Waals surface area contributed by atoms with Crippen LogP contribution in [0.15, 0.2) is 72.8 Å². The van der Waals surface area contributed by atoms with Crippen LogP contribution in [0.3, 0.4) is 0 Å². The van der Waals surface area contributed by atoms with E-state index < -0.39 is 17.7 Å². The molecule has 0 unspecified atom stereocenters. The monoisotopic (exact) mass is 790 g/mol. The lowest BCUT2D eigenvalue weighted by atomic mass is 10.1. The van der Waals surface area contributed by atoms with Crippen molar-refractivity contribution in [2.24, 2.45) is 17.6 Å². The number of fused-ring (bicyclic) bond motifs is 2. The van der Waals surface area contributed by atoms with Crippen LogP contribution in [0.5, 0.6) is 11.5 Å². The van der Waals surface area contributed by atoms with E-state index >= 15 is 0 Å². The molecular weight excluding hydrogens is 743 g/mol. The van der Waals surface area contributed by atoms with Gasteiger partial charge in [-0.05, 0) is 119 Å². The van der Waals surface area contributed by atoms with Crippen LogP contribution in [0.4, 0.5) is 25.2 Å². The first-order valence-electron chi connectivity index (χ1n) is 19.6. The zero-order chi connectivity index (χ0) is 41.1. The number of aryl methyl sites for hydroxylation is 2.